The van der Waals surface area contributed by atoms with Crippen molar-refractivity contribution in [3.63, 3.8) is 0 Å². The molecular weight excluding hydrogens is 222 g/mol. The fourth-order valence-corrected chi connectivity index (χ4v) is 2.09. The lowest BCUT2D eigenvalue weighted by atomic mass is 10.2. The molecule has 0 amide bonds. The van der Waals surface area contributed by atoms with Crippen LogP contribution in [0.5, 0.6) is 0 Å². The lowest BCUT2D eigenvalue weighted by molar-refractivity contribution is 0.739. The molecule has 4 nitrogen and oxygen atoms in total. The summed E-state index contributed by atoms with van der Waals surface area (Å²) in [7, 11) is 0. The topological polar surface area (TPSA) is 47.8 Å². The van der Waals surface area contributed by atoms with Crippen LogP contribution in [0.3, 0.4) is 0 Å². The van der Waals surface area contributed by atoms with E-state index in [1.165, 1.54) is 11.8 Å². The minimum Gasteiger partial charge on any atom is -0.293 e. The van der Waals surface area contributed by atoms with E-state index in [0.29, 0.717) is 11.7 Å². The van der Waals surface area contributed by atoms with Crippen molar-refractivity contribution in [2.24, 2.45) is 0 Å². The molecule has 2 aromatic heterocycles. The van der Waals surface area contributed by atoms with Crippen LogP contribution in [0.1, 0.15) is 12.6 Å². The predicted octanol–water partition coefficient (Wildman–Crippen LogP) is 1.84. The molecule has 0 saturated carbocycles. The molecule has 0 atom stereocenters. The van der Waals surface area contributed by atoms with Crippen LogP contribution in [-0.4, -0.2) is 20.8 Å². The predicted molar refractivity (Wildman–Crippen MR) is 66.0 cm³/mol. The maximum atomic E-state index is 11.7. The molecule has 0 spiro atoms. The van der Waals surface area contributed by atoms with E-state index in [-0.39, 0.29) is 5.56 Å². The number of hydrogen-bond acceptors (Lipinski definition) is 4. The fraction of sp³-hybridized carbons (Fsp3) is 0.364. The fourth-order valence-electron chi connectivity index (χ4n) is 1.69. The zero-order valence-electron chi connectivity index (χ0n) is 9.52. The molecule has 2 rings (SSSR count). The van der Waals surface area contributed by atoms with E-state index in [1.807, 2.05) is 20.1 Å². The van der Waals surface area contributed by atoms with Crippen molar-refractivity contribution in [2.75, 3.05) is 6.26 Å². The summed E-state index contributed by atoms with van der Waals surface area (Å²) in [6.45, 7) is 4.51. The first-order chi connectivity index (χ1) is 7.67. The van der Waals surface area contributed by atoms with Crippen molar-refractivity contribution >= 4 is 22.8 Å². The Bertz CT molecular complexity index is 592. The van der Waals surface area contributed by atoms with Gasteiger partial charge in [0.25, 0.3) is 5.56 Å². The highest BCUT2D eigenvalue weighted by Gasteiger charge is 2.08. The van der Waals surface area contributed by atoms with Gasteiger partial charge >= 0.3 is 0 Å². The Morgan fingerprint density at radius 1 is 1.38 bits per heavy atom. The first-order valence-electron chi connectivity index (χ1n) is 5.09. The molecule has 0 saturated heterocycles. The van der Waals surface area contributed by atoms with Gasteiger partial charge in [0.2, 0.25) is 0 Å². The normalized spacial score (nSPS) is 10.9. The number of fused-ring (bicyclic) bond motifs is 1. The Hall–Kier alpha value is -1.36. The lowest BCUT2D eigenvalue weighted by Gasteiger charge is -2.08. The second-order valence-corrected chi connectivity index (χ2v) is 4.22. The van der Waals surface area contributed by atoms with E-state index in [1.54, 1.807) is 16.7 Å². The molecule has 0 aliphatic heterocycles. The summed E-state index contributed by atoms with van der Waals surface area (Å²) in [4.78, 5) is 20.4. The van der Waals surface area contributed by atoms with Gasteiger partial charge in [-0.1, -0.05) is 11.8 Å². The molecule has 0 aliphatic rings. The average Bonchev–Trinajstić information content (AvgIpc) is 2.28. The van der Waals surface area contributed by atoms with Gasteiger partial charge in [0, 0.05) is 18.0 Å². The Balaban J connectivity index is 2.90. The SMILES string of the molecule is CCn1c(=O)ccc2c(C)nc(SC)nc21. The number of thioether (sulfide) groups is 1. The lowest BCUT2D eigenvalue weighted by Crippen LogP contribution is -2.19. The molecule has 84 valence electrons. The number of hydrogen-bond donors (Lipinski definition) is 0. The molecule has 0 N–H and O–H groups in total. The molecule has 5 heteroatoms. The van der Waals surface area contributed by atoms with Crippen LogP contribution in [0.4, 0.5) is 0 Å². The van der Waals surface area contributed by atoms with Crippen molar-refractivity contribution in [3.05, 3.63) is 28.2 Å². The van der Waals surface area contributed by atoms with Crippen LogP contribution in [0, 0.1) is 6.92 Å². The van der Waals surface area contributed by atoms with Gasteiger partial charge in [-0.15, -0.1) is 0 Å². The standard InChI is InChI=1S/C11H13N3OS/c1-4-14-9(15)6-5-8-7(2)12-11(16-3)13-10(8)14/h5-6H,4H2,1-3H3. The van der Waals surface area contributed by atoms with Gasteiger partial charge in [-0.25, -0.2) is 9.97 Å². The van der Waals surface area contributed by atoms with E-state index in [0.717, 1.165) is 16.7 Å². The summed E-state index contributed by atoms with van der Waals surface area (Å²) in [6.07, 6.45) is 1.93. The number of aryl methyl sites for hydroxylation is 2. The third kappa shape index (κ3) is 1.71. The van der Waals surface area contributed by atoms with Crippen molar-refractivity contribution in [3.8, 4) is 0 Å². The van der Waals surface area contributed by atoms with Gasteiger partial charge < -0.3 is 0 Å². The highest BCUT2D eigenvalue weighted by atomic mass is 32.2. The van der Waals surface area contributed by atoms with Gasteiger partial charge in [-0.3, -0.25) is 9.36 Å². The maximum Gasteiger partial charge on any atom is 0.252 e. The van der Waals surface area contributed by atoms with Crippen LogP contribution < -0.4 is 5.56 Å². The third-order valence-corrected chi connectivity index (χ3v) is 3.06. The smallest absolute Gasteiger partial charge is 0.252 e. The quantitative estimate of drug-likeness (QED) is 0.588. The molecule has 0 aromatic carbocycles. The highest BCUT2D eigenvalue weighted by Crippen LogP contribution is 2.17. The van der Waals surface area contributed by atoms with Crippen molar-refractivity contribution < 1.29 is 0 Å². The minimum atomic E-state index is -0.0137. The summed E-state index contributed by atoms with van der Waals surface area (Å²) in [5, 5.41) is 1.65. The van der Waals surface area contributed by atoms with E-state index in [9.17, 15) is 4.79 Å². The number of rotatable bonds is 2. The summed E-state index contributed by atoms with van der Waals surface area (Å²) in [5.41, 5.74) is 1.63. The molecule has 0 bridgehead atoms. The Morgan fingerprint density at radius 2 is 2.12 bits per heavy atom. The molecule has 16 heavy (non-hydrogen) atoms. The van der Waals surface area contributed by atoms with Crippen molar-refractivity contribution in [2.45, 2.75) is 25.5 Å². The van der Waals surface area contributed by atoms with Gasteiger partial charge in [0.15, 0.2) is 5.16 Å². The molecule has 0 fully saturated rings. The second-order valence-electron chi connectivity index (χ2n) is 3.45. The molecule has 0 radical (unpaired) electrons. The highest BCUT2D eigenvalue weighted by molar-refractivity contribution is 7.98. The Kier molecular flexibility index (Phi) is 2.96. The molecular formula is C11H13N3OS. The van der Waals surface area contributed by atoms with Crippen LogP contribution in [-0.2, 0) is 6.54 Å². The average molecular weight is 235 g/mol. The zero-order chi connectivity index (χ0) is 11.7. The Morgan fingerprint density at radius 3 is 2.75 bits per heavy atom. The monoisotopic (exact) mass is 235 g/mol. The Labute approximate surface area is 97.7 Å². The summed E-state index contributed by atoms with van der Waals surface area (Å²) >= 11 is 1.49. The maximum absolute atomic E-state index is 11.7. The van der Waals surface area contributed by atoms with Gasteiger partial charge in [-0.05, 0) is 26.2 Å². The van der Waals surface area contributed by atoms with Gasteiger partial charge in [0.05, 0.1) is 5.69 Å². The van der Waals surface area contributed by atoms with E-state index < -0.39 is 0 Å². The van der Waals surface area contributed by atoms with Gasteiger partial charge in [0.1, 0.15) is 5.65 Å². The van der Waals surface area contributed by atoms with Gasteiger partial charge in [-0.2, -0.15) is 0 Å². The van der Waals surface area contributed by atoms with Crippen molar-refractivity contribution in [1.82, 2.24) is 14.5 Å². The largest absolute Gasteiger partial charge is 0.293 e. The number of nitrogens with zero attached hydrogens (tertiary/aromatic N) is 3. The van der Waals surface area contributed by atoms with E-state index >= 15 is 0 Å². The van der Waals surface area contributed by atoms with Crippen LogP contribution in [0.25, 0.3) is 11.0 Å². The summed E-state index contributed by atoms with van der Waals surface area (Å²) in [5.74, 6) is 0. The third-order valence-electron chi connectivity index (χ3n) is 2.51. The molecule has 2 heterocycles. The summed E-state index contributed by atoms with van der Waals surface area (Å²) in [6, 6.07) is 3.37. The molecule has 2 aromatic rings. The van der Waals surface area contributed by atoms with Crippen molar-refractivity contribution in [1.29, 1.82) is 0 Å². The number of pyridine rings is 1. The van der Waals surface area contributed by atoms with Crippen LogP contribution in [0.15, 0.2) is 22.1 Å². The van der Waals surface area contributed by atoms with E-state index in [4.69, 9.17) is 0 Å². The molecule has 0 unspecified atom stereocenters. The first kappa shape index (κ1) is 11.1. The zero-order valence-corrected chi connectivity index (χ0v) is 10.3. The number of aromatic nitrogens is 3. The minimum absolute atomic E-state index is 0.0137. The molecule has 0 aliphatic carbocycles. The van der Waals surface area contributed by atoms with Crippen LogP contribution in [0.2, 0.25) is 0 Å². The summed E-state index contributed by atoms with van der Waals surface area (Å²) < 4.78 is 1.67. The second kappa shape index (κ2) is 4.25. The van der Waals surface area contributed by atoms with E-state index in [2.05, 4.69) is 9.97 Å². The van der Waals surface area contributed by atoms with Crippen LogP contribution >= 0.6 is 11.8 Å². The first-order valence-corrected chi connectivity index (χ1v) is 6.32.